The van der Waals surface area contributed by atoms with Gasteiger partial charge in [-0.15, -0.1) is 0 Å². The highest BCUT2D eigenvalue weighted by atomic mass is 79.9. The van der Waals surface area contributed by atoms with E-state index in [4.69, 9.17) is 17.3 Å². The van der Waals surface area contributed by atoms with Crippen molar-refractivity contribution >= 4 is 51.0 Å². The van der Waals surface area contributed by atoms with Crippen LogP contribution < -0.4 is 5.73 Å². The average molecular weight is 618 g/mol. The SMILES string of the molecule is CCN(C(=O)c1cc(C(C=Nc2c(Br)cc(C(F)(C(F)(F)F)C(F)(F)F)n2C)=CN)ccc1Cl)C1CC1. The molecule has 1 aromatic heterocycles. The fraction of sp³-hybridized carbons (Fsp3) is 0.391. The molecule has 1 aliphatic rings. The second-order valence-electron chi connectivity index (χ2n) is 8.31. The standard InChI is InChI=1S/C23H21BrClF7N4O/c1-3-36(14-5-6-14)20(37)15-8-12(4-7-17(15)25)13(10-33)11-34-19-16(24)9-18(35(19)2)21(26,22(27,28)29)23(30,31)32/h4,7-11,14H,3,5-6,33H2,1-2H3. The van der Waals surface area contributed by atoms with Crippen molar-refractivity contribution in [3.05, 3.63) is 56.8 Å². The zero-order chi connectivity index (χ0) is 27.9. The number of nitrogens with two attached hydrogens (primary N) is 1. The van der Waals surface area contributed by atoms with Gasteiger partial charge in [0.15, 0.2) is 0 Å². The van der Waals surface area contributed by atoms with E-state index in [1.807, 2.05) is 6.92 Å². The number of hydrogen-bond acceptors (Lipinski definition) is 3. The Bertz CT molecular complexity index is 1230. The molecule has 2 N–H and O–H groups in total. The third-order valence-corrected chi connectivity index (χ3v) is 6.83. The summed E-state index contributed by atoms with van der Waals surface area (Å²) >= 11 is 9.09. The first-order chi connectivity index (χ1) is 17.1. The van der Waals surface area contributed by atoms with Gasteiger partial charge in [0.25, 0.3) is 5.91 Å². The number of alkyl halides is 7. The van der Waals surface area contributed by atoms with Gasteiger partial charge in [-0.25, -0.2) is 9.38 Å². The van der Waals surface area contributed by atoms with E-state index in [0.717, 1.165) is 32.3 Å². The second kappa shape index (κ2) is 10.3. The van der Waals surface area contributed by atoms with Crippen LogP contribution in [0.4, 0.5) is 36.6 Å². The quantitative estimate of drug-likeness (QED) is 0.267. The van der Waals surface area contributed by atoms with E-state index < -0.39 is 29.5 Å². The molecule has 37 heavy (non-hydrogen) atoms. The number of halogens is 9. The summed E-state index contributed by atoms with van der Waals surface area (Å²) in [7, 11) is 0.820. The molecule has 0 radical (unpaired) electrons. The molecule has 1 aromatic carbocycles. The van der Waals surface area contributed by atoms with Crippen molar-refractivity contribution in [2.24, 2.45) is 17.8 Å². The predicted molar refractivity (Wildman–Crippen MR) is 130 cm³/mol. The highest BCUT2D eigenvalue weighted by molar-refractivity contribution is 9.10. The number of aliphatic imine (C=N–C) groups is 1. The van der Waals surface area contributed by atoms with Crippen LogP contribution in [-0.2, 0) is 12.7 Å². The monoisotopic (exact) mass is 616 g/mol. The van der Waals surface area contributed by atoms with Gasteiger partial charge in [0.05, 0.1) is 20.8 Å². The fourth-order valence-corrected chi connectivity index (χ4v) is 4.59. The predicted octanol–water partition coefficient (Wildman–Crippen LogP) is 7.06. The molecule has 1 saturated carbocycles. The Morgan fingerprint density at radius 3 is 2.27 bits per heavy atom. The Labute approximate surface area is 220 Å². The number of amides is 1. The van der Waals surface area contributed by atoms with Gasteiger partial charge in [-0.1, -0.05) is 17.7 Å². The molecule has 0 unspecified atom stereocenters. The molecule has 1 heterocycles. The minimum Gasteiger partial charge on any atom is -0.404 e. The molecule has 0 spiro atoms. The highest BCUT2D eigenvalue weighted by Crippen LogP contribution is 2.54. The fourth-order valence-electron chi connectivity index (χ4n) is 3.81. The Kier molecular flexibility index (Phi) is 8.09. The summed E-state index contributed by atoms with van der Waals surface area (Å²) in [6.45, 7) is 2.31. The minimum absolute atomic E-state index is 0.128. The number of nitrogens with zero attached hydrogens (tertiary/aromatic N) is 3. The van der Waals surface area contributed by atoms with Gasteiger partial charge >= 0.3 is 18.0 Å². The summed E-state index contributed by atoms with van der Waals surface area (Å²) in [5.41, 5.74) is -0.918. The molecule has 1 aliphatic carbocycles. The van der Waals surface area contributed by atoms with Crippen LogP contribution in [-0.4, -0.2) is 46.5 Å². The molecule has 0 saturated heterocycles. The lowest BCUT2D eigenvalue weighted by Crippen LogP contribution is -2.51. The van der Waals surface area contributed by atoms with E-state index in [9.17, 15) is 35.5 Å². The highest BCUT2D eigenvalue weighted by Gasteiger charge is 2.74. The smallest absolute Gasteiger partial charge is 0.404 e. The lowest BCUT2D eigenvalue weighted by atomic mass is 10.0. The number of carbonyl (C=O) groups is 1. The van der Waals surface area contributed by atoms with Gasteiger partial charge < -0.3 is 15.2 Å². The van der Waals surface area contributed by atoms with E-state index in [1.165, 1.54) is 18.2 Å². The molecule has 5 nitrogen and oxygen atoms in total. The normalized spacial score (nSPS) is 15.5. The maximum absolute atomic E-state index is 14.6. The van der Waals surface area contributed by atoms with Crippen molar-refractivity contribution < 1.29 is 35.5 Å². The molecule has 1 fully saturated rings. The van der Waals surface area contributed by atoms with Crippen LogP contribution in [0.5, 0.6) is 0 Å². The van der Waals surface area contributed by atoms with Crippen molar-refractivity contribution in [1.29, 1.82) is 0 Å². The summed E-state index contributed by atoms with van der Waals surface area (Å²) in [4.78, 5) is 18.6. The summed E-state index contributed by atoms with van der Waals surface area (Å²) in [5, 5.41) is 0.189. The van der Waals surface area contributed by atoms with Crippen LogP contribution in [0.2, 0.25) is 5.02 Å². The topological polar surface area (TPSA) is 63.6 Å². The van der Waals surface area contributed by atoms with Gasteiger partial charge in [-0.05, 0) is 59.5 Å². The molecule has 0 aliphatic heterocycles. The third kappa shape index (κ3) is 5.38. The van der Waals surface area contributed by atoms with Crippen LogP contribution >= 0.6 is 27.5 Å². The average Bonchev–Trinajstić information content (AvgIpc) is 3.59. The van der Waals surface area contributed by atoms with E-state index in [0.29, 0.717) is 22.7 Å². The first-order valence-corrected chi connectivity index (χ1v) is 12.0. The first kappa shape index (κ1) is 29.0. The van der Waals surface area contributed by atoms with Gasteiger partial charge in [0, 0.05) is 37.6 Å². The van der Waals surface area contributed by atoms with E-state index in [-0.39, 0.29) is 32.6 Å². The van der Waals surface area contributed by atoms with Crippen LogP contribution in [0, 0.1) is 0 Å². The first-order valence-electron chi connectivity index (χ1n) is 10.8. The van der Waals surface area contributed by atoms with Gasteiger partial charge in [-0.3, -0.25) is 4.79 Å². The molecule has 3 rings (SSSR count). The number of aromatic nitrogens is 1. The number of hydrogen-bond donors (Lipinski definition) is 1. The second-order valence-corrected chi connectivity index (χ2v) is 9.57. The van der Waals surface area contributed by atoms with Gasteiger partial charge in [-0.2, -0.15) is 26.3 Å². The lowest BCUT2D eigenvalue weighted by Gasteiger charge is -2.30. The van der Waals surface area contributed by atoms with E-state index in [2.05, 4.69) is 20.9 Å². The molecule has 202 valence electrons. The van der Waals surface area contributed by atoms with Crippen LogP contribution in [0.3, 0.4) is 0 Å². The zero-order valence-electron chi connectivity index (χ0n) is 19.4. The van der Waals surface area contributed by atoms with Crippen molar-refractivity contribution in [3.8, 4) is 0 Å². The Morgan fingerprint density at radius 2 is 1.78 bits per heavy atom. The summed E-state index contributed by atoms with van der Waals surface area (Å²) < 4.78 is 94.1. The van der Waals surface area contributed by atoms with Crippen LogP contribution in [0.25, 0.3) is 5.57 Å². The molecular weight excluding hydrogens is 597 g/mol. The lowest BCUT2D eigenvalue weighted by molar-refractivity contribution is -0.350. The summed E-state index contributed by atoms with van der Waals surface area (Å²) in [6.07, 6.45) is -8.64. The molecular formula is C23H21BrClF7N4O. The molecule has 0 bridgehead atoms. The maximum Gasteiger partial charge on any atom is 0.437 e. The van der Waals surface area contributed by atoms with Crippen LogP contribution in [0.1, 0.15) is 41.4 Å². The summed E-state index contributed by atoms with van der Waals surface area (Å²) in [6, 6.07) is 4.94. The number of carbonyl (C=O) groups excluding carboxylic acids is 1. The maximum atomic E-state index is 14.6. The minimum atomic E-state index is -6.28. The third-order valence-electron chi connectivity index (χ3n) is 5.92. The number of rotatable bonds is 7. The van der Waals surface area contributed by atoms with Gasteiger partial charge in [0.1, 0.15) is 5.82 Å². The number of benzene rings is 1. The van der Waals surface area contributed by atoms with E-state index >= 15 is 0 Å². The number of allylic oxidation sites excluding steroid dienone is 1. The molecule has 2 aromatic rings. The van der Waals surface area contributed by atoms with Crippen LogP contribution in [0.15, 0.2) is 39.9 Å². The largest absolute Gasteiger partial charge is 0.437 e. The van der Waals surface area contributed by atoms with Gasteiger partial charge in [0.2, 0.25) is 0 Å². The van der Waals surface area contributed by atoms with Crippen molar-refractivity contribution in [2.75, 3.05) is 6.54 Å². The Morgan fingerprint density at radius 1 is 1.19 bits per heavy atom. The summed E-state index contributed by atoms with van der Waals surface area (Å²) in [5.74, 6) is -0.723. The molecule has 0 atom stereocenters. The zero-order valence-corrected chi connectivity index (χ0v) is 21.7. The Hall–Kier alpha value is -2.54. The van der Waals surface area contributed by atoms with Crippen molar-refractivity contribution in [3.63, 3.8) is 0 Å². The molecule has 14 heteroatoms. The Balaban J connectivity index is 2.00. The van der Waals surface area contributed by atoms with Crippen molar-refractivity contribution in [2.45, 2.75) is 43.8 Å². The van der Waals surface area contributed by atoms with E-state index in [1.54, 1.807) is 4.90 Å². The molecule has 1 amide bonds. The van der Waals surface area contributed by atoms with Crippen molar-refractivity contribution in [1.82, 2.24) is 9.47 Å².